The van der Waals surface area contributed by atoms with Crippen molar-refractivity contribution >= 4 is 33.4 Å². The molecule has 2 amide bonds. The first-order valence-electron chi connectivity index (χ1n) is 7.37. The normalized spacial score (nSPS) is 10.2. The zero-order valence-corrected chi connectivity index (χ0v) is 15.4. The summed E-state index contributed by atoms with van der Waals surface area (Å²) in [7, 11) is 3.36. The molecule has 0 aliphatic carbocycles. The summed E-state index contributed by atoms with van der Waals surface area (Å²) >= 11 is 3.40. The average Bonchev–Trinajstić information content (AvgIpc) is 2.53. The van der Waals surface area contributed by atoms with Crippen LogP contribution >= 0.6 is 15.9 Å². The molecule has 0 aliphatic heterocycles. The predicted octanol–water partition coefficient (Wildman–Crippen LogP) is 3.48. The second-order valence-corrected chi connectivity index (χ2v) is 6.41. The highest BCUT2D eigenvalue weighted by atomic mass is 79.9. The van der Waals surface area contributed by atoms with Crippen LogP contribution < -0.4 is 10.1 Å². The Morgan fingerprint density at radius 1 is 1.17 bits per heavy atom. The highest BCUT2D eigenvalue weighted by Crippen LogP contribution is 2.25. The van der Waals surface area contributed by atoms with Crippen LogP contribution in [0.1, 0.15) is 15.9 Å². The zero-order valence-electron chi connectivity index (χ0n) is 13.8. The molecule has 5 nitrogen and oxygen atoms in total. The first kappa shape index (κ1) is 18.0. The van der Waals surface area contributed by atoms with Crippen LogP contribution in [0.15, 0.2) is 46.9 Å². The lowest BCUT2D eigenvalue weighted by Crippen LogP contribution is -2.23. The molecule has 0 fully saturated rings. The standard InChI is InChI=1S/C18H19BrN2O3/c1-12-7-8-16(15(19)9-12)24-11-17(22)20-14-6-4-5-13(10-14)18(23)21(2)3/h4-10H,11H2,1-3H3,(H,20,22). The van der Waals surface area contributed by atoms with Crippen molar-refractivity contribution in [2.75, 3.05) is 26.0 Å². The van der Waals surface area contributed by atoms with E-state index in [1.807, 2.05) is 25.1 Å². The second kappa shape index (κ2) is 7.97. The first-order valence-corrected chi connectivity index (χ1v) is 8.16. The molecule has 2 aromatic rings. The Bertz CT molecular complexity index is 760. The molecule has 0 unspecified atom stereocenters. The number of carbonyl (C=O) groups excluding carboxylic acids is 2. The monoisotopic (exact) mass is 390 g/mol. The molecule has 0 spiro atoms. The number of rotatable bonds is 5. The molecule has 0 heterocycles. The summed E-state index contributed by atoms with van der Waals surface area (Å²) in [6, 6.07) is 12.4. The van der Waals surface area contributed by atoms with Gasteiger partial charge in [-0.05, 0) is 58.7 Å². The summed E-state index contributed by atoms with van der Waals surface area (Å²) < 4.78 is 6.31. The van der Waals surface area contributed by atoms with E-state index in [1.165, 1.54) is 4.90 Å². The summed E-state index contributed by atoms with van der Waals surface area (Å²) in [6.45, 7) is 1.86. The lowest BCUT2D eigenvalue weighted by Gasteiger charge is -2.12. The minimum Gasteiger partial charge on any atom is -0.483 e. The summed E-state index contributed by atoms with van der Waals surface area (Å²) in [5.41, 5.74) is 2.17. The van der Waals surface area contributed by atoms with E-state index in [0.29, 0.717) is 17.0 Å². The first-order chi connectivity index (χ1) is 11.4. The van der Waals surface area contributed by atoms with Crippen molar-refractivity contribution in [2.24, 2.45) is 0 Å². The van der Waals surface area contributed by atoms with Crippen molar-refractivity contribution in [1.82, 2.24) is 4.90 Å². The molecule has 0 aromatic heterocycles. The zero-order chi connectivity index (χ0) is 17.7. The molecule has 2 rings (SSSR count). The fourth-order valence-corrected chi connectivity index (χ4v) is 2.66. The van der Waals surface area contributed by atoms with E-state index in [2.05, 4.69) is 21.2 Å². The van der Waals surface area contributed by atoms with E-state index < -0.39 is 0 Å². The Balaban J connectivity index is 1.97. The number of nitrogens with zero attached hydrogens (tertiary/aromatic N) is 1. The number of amides is 2. The summed E-state index contributed by atoms with van der Waals surface area (Å²) in [5, 5.41) is 2.73. The molecule has 6 heteroatoms. The third kappa shape index (κ3) is 4.83. The van der Waals surface area contributed by atoms with Crippen molar-refractivity contribution in [2.45, 2.75) is 6.92 Å². The summed E-state index contributed by atoms with van der Waals surface area (Å²) in [6.07, 6.45) is 0. The number of anilines is 1. The van der Waals surface area contributed by atoms with E-state index in [9.17, 15) is 9.59 Å². The summed E-state index contributed by atoms with van der Waals surface area (Å²) in [4.78, 5) is 25.5. The van der Waals surface area contributed by atoms with Crippen LogP contribution in [0.3, 0.4) is 0 Å². The second-order valence-electron chi connectivity index (χ2n) is 5.55. The molecule has 0 saturated heterocycles. The van der Waals surface area contributed by atoms with Gasteiger partial charge in [0.2, 0.25) is 0 Å². The van der Waals surface area contributed by atoms with Crippen molar-refractivity contribution in [3.63, 3.8) is 0 Å². The molecular formula is C18H19BrN2O3. The highest BCUT2D eigenvalue weighted by molar-refractivity contribution is 9.10. The smallest absolute Gasteiger partial charge is 0.262 e. The van der Waals surface area contributed by atoms with Gasteiger partial charge in [-0.25, -0.2) is 0 Å². The van der Waals surface area contributed by atoms with E-state index in [1.54, 1.807) is 38.4 Å². The lowest BCUT2D eigenvalue weighted by atomic mass is 10.2. The maximum absolute atomic E-state index is 12.0. The molecule has 1 N–H and O–H groups in total. The van der Waals surface area contributed by atoms with Gasteiger partial charge in [-0.3, -0.25) is 9.59 Å². The Morgan fingerprint density at radius 3 is 2.58 bits per heavy atom. The van der Waals surface area contributed by atoms with Crippen LogP contribution in [-0.4, -0.2) is 37.4 Å². The van der Waals surface area contributed by atoms with Gasteiger partial charge >= 0.3 is 0 Å². The van der Waals surface area contributed by atoms with Crippen LogP contribution in [0.2, 0.25) is 0 Å². The van der Waals surface area contributed by atoms with Crippen LogP contribution in [0, 0.1) is 6.92 Å². The molecule has 24 heavy (non-hydrogen) atoms. The van der Waals surface area contributed by atoms with Gasteiger partial charge in [-0.15, -0.1) is 0 Å². The largest absolute Gasteiger partial charge is 0.483 e. The van der Waals surface area contributed by atoms with Crippen LogP contribution in [-0.2, 0) is 4.79 Å². The number of halogens is 1. The Hall–Kier alpha value is -2.34. The number of aryl methyl sites for hydroxylation is 1. The van der Waals surface area contributed by atoms with Crippen LogP contribution in [0.4, 0.5) is 5.69 Å². The van der Waals surface area contributed by atoms with Gasteiger partial charge in [0.1, 0.15) is 5.75 Å². The number of hydrogen-bond acceptors (Lipinski definition) is 3. The number of ether oxygens (including phenoxy) is 1. The number of nitrogens with one attached hydrogen (secondary N) is 1. The van der Waals surface area contributed by atoms with E-state index in [-0.39, 0.29) is 18.4 Å². The van der Waals surface area contributed by atoms with Crippen molar-refractivity contribution in [3.8, 4) is 5.75 Å². The summed E-state index contributed by atoms with van der Waals surface area (Å²) in [5.74, 6) is 0.190. The fourth-order valence-electron chi connectivity index (χ4n) is 2.05. The number of benzene rings is 2. The van der Waals surface area contributed by atoms with Gasteiger partial charge in [0.05, 0.1) is 4.47 Å². The predicted molar refractivity (Wildman–Crippen MR) is 97.5 cm³/mol. The number of hydrogen-bond donors (Lipinski definition) is 1. The van der Waals surface area contributed by atoms with E-state index in [4.69, 9.17) is 4.74 Å². The van der Waals surface area contributed by atoms with Gasteiger partial charge < -0.3 is 15.0 Å². The molecule has 0 radical (unpaired) electrons. The van der Waals surface area contributed by atoms with Crippen molar-refractivity contribution < 1.29 is 14.3 Å². The Morgan fingerprint density at radius 2 is 1.92 bits per heavy atom. The van der Waals surface area contributed by atoms with Crippen molar-refractivity contribution in [3.05, 3.63) is 58.1 Å². The third-order valence-electron chi connectivity index (χ3n) is 3.25. The fraction of sp³-hybridized carbons (Fsp3) is 0.222. The highest BCUT2D eigenvalue weighted by Gasteiger charge is 2.10. The maximum Gasteiger partial charge on any atom is 0.262 e. The Labute approximate surface area is 149 Å². The average molecular weight is 391 g/mol. The molecule has 126 valence electrons. The molecule has 0 atom stereocenters. The minimum absolute atomic E-state index is 0.118. The quantitative estimate of drug-likeness (QED) is 0.849. The molecule has 0 bridgehead atoms. The van der Waals surface area contributed by atoms with Gasteiger partial charge in [-0.1, -0.05) is 12.1 Å². The topological polar surface area (TPSA) is 58.6 Å². The molecule has 0 saturated carbocycles. The van der Waals surface area contributed by atoms with Crippen LogP contribution in [0.25, 0.3) is 0 Å². The molecule has 0 aliphatic rings. The molecule has 2 aromatic carbocycles. The van der Waals surface area contributed by atoms with E-state index >= 15 is 0 Å². The molecular weight excluding hydrogens is 372 g/mol. The van der Waals surface area contributed by atoms with Crippen LogP contribution in [0.5, 0.6) is 5.75 Å². The van der Waals surface area contributed by atoms with Gasteiger partial charge in [0.25, 0.3) is 11.8 Å². The van der Waals surface area contributed by atoms with Gasteiger partial charge in [0, 0.05) is 25.3 Å². The van der Waals surface area contributed by atoms with E-state index in [0.717, 1.165) is 10.0 Å². The number of carbonyl (C=O) groups is 2. The van der Waals surface area contributed by atoms with Gasteiger partial charge in [0.15, 0.2) is 6.61 Å². The maximum atomic E-state index is 12.0. The SMILES string of the molecule is Cc1ccc(OCC(=O)Nc2cccc(C(=O)N(C)C)c2)c(Br)c1. The van der Waals surface area contributed by atoms with Crippen molar-refractivity contribution in [1.29, 1.82) is 0 Å². The minimum atomic E-state index is -0.295. The third-order valence-corrected chi connectivity index (χ3v) is 3.87. The van der Waals surface area contributed by atoms with Gasteiger partial charge in [-0.2, -0.15) is 0 Å². The Kier molecular flexibility index (Phi) is 5.98. The lowest BCUT2D eigenvalue weighted by molar-refractivity contribution is -0.118.